The zero-order valence-electron chi connectivity index (χ0n) is 11.9. The van der Waals surface area contributed by atoms with Crippen molar-refractivity contribution in [1.82, 2.24) is 4.98 Å². The van der Waals surface area contributed by atoms with E-state index in [9.17, 15) is 0 Å². The summed E-state index contributed by atoms with van der Waals surface area (Å²) in [6, 6.07) is 10.4. The molecule has 18 heavy (non-hydrogen) atoms. The van der Waals surface area contributed by atoms with Gasteiger partial charge in [-0.1, -0.05) is 39.0 Å². The minimum atomic E-state index is -0.359. The van der Waals surface area contributed by atoms with E-state index in [-0.39, 0.29) is 11.0 Å². The van der Waals surface area contributed by atoms with Crippen LogP contribution >= 0.6 is 0 Å². The van der Waals surface area contributed by atoms with Crippen LogP contribution in [0.5, 0.6) is 0 Å². The number of nitrogens with zero attached hydrogens (tertiary/aromatic N) is 1. The van der Waals surface area contributed by atoms with Gasteiger partial charge in [-0.25, -0.2) is 0 Å². The largest absolute Gasteiger partial charge is 0.322 e. The lowest BCUT2D eigenvalue weighted by atomic mass is 9.85. The van der Waals surface area contributed by atoms with Crippen molar-refractivity contribution in [2.24, 2.45) is 5.73 Å². The van der Waals surface area contributed by atoms with Gasteiger partial charge in [0.15, 0.2) is 0 Å². The normalized spacial score (nSPS) is 13.0. The summed E-state index contributed by atoms with van der Waals surface area (Å²) in [5.74, 6) is 0. The Hall–Kier alpha value is -1.41. The molecule has 0 radical (unpaired) electrons. The summed E-state index contributed by atoms with van der Waals surface area (Å²) in [5, 5.41) is 1.15. The molecule has 1 heterocycles. The van der Waals surface area contributed by atoms with Crippen LogP contribution in [0.15, 0.2) is 30.3 Å². The smallest absolute Gasteiger partial charge is 0.0709 e. The Morgan fingerprint density at radius 1 is 1.00 bits per heavy atom. The summed E-state index contributed by atoms with van der Waals surface area (Å²) in [6.45, 7) is 10.6. The van der Waals surface area contributed by atoms with Gasteiger partial charge in [-0.15, -0.1) is 0 Å². The second-order valence-electron chi connectivity index (χ2n) is 6.54. The predicted octanol–water partition coefficient (Wildman–Crippen LogP) is 3.73. The quantitative estimate of drug-likeness (QED) is 0.827. The lowest BCUT2D eigenvalue weighted by Gasteiger charge is -2.25. The summed E-state index contributed by atoms with van der Waals surface area (Å²) in [5.41, 5.74) is 9.26. The van der Waals surface area contributed by atoms with Gasteiger partial charge in [-0.2, -0.15) is 0 Å². The van der Waals surface area contributed by atoms with Crippen molar-refractivity contribution >= 4 is 10.9 Å². The van der Waals surface area contributed by atoms with Gasteiger partial charge in [0.2, 0.25) is 0 Å². The van der Waals surface area contributed by atoms with E-state index >= 15 is 0 Å². The number of hydrogen-bond acceptors (Lipinski definition) is 2. The Kier molecular flexibility index (Phi) is 2.94. The van der Waals surface area contributed by atoms with Crippen molar-refractivity contribution in [3.05, 3.63) is 41.6 Å². The van der Waals surface area contributed by atoms with Crippen molar-refractivity contribution < 1.29 is 0 Å². The molecule has 96 valence electrons. The average Bonchev–Trinajstić information content (AvgIpc) is 2.25. The van der Waals surface area contributed by atoms with Crippen LogP contribution in [0.2, 0.25) is 0 Å². The van der Waals surface area contributed by atoms with Gasteiger partial charge < -0.3 is 5.73 Å². The Bertz CT molecular complexity index is 572. The zero-order chi connectivity index (χ0) is 13.6. The summed E-state index contributed by atoms with van der Waals surface area (Å²) in [6.07, 6.45) is 0. The van der Waals surface area contributed by atoms with Crippen LogP contribution in [0.3, 0.4) is 0 Å². The molecule has 2 N–H and O–H groups in total. The highest BCUT2D eigenvalue weighted by atomic mass is 14.8. The number of rotatable bonds is 1. The molecule has 0 bridgehead atoms. The molecular formula is C16H22N2. The molecule has 2 nitrogen and oxygen atoms in total. The number of pyridine rings is 1. The first kappa shape index (κ1) is 13.0. The van der Waals surface area contributed by atoms with Crippen LogP contribution in [0.1, 0.15) is 45.9 Å². The van der Waals surface area contributed by atoms with Crippen molar-refractivity contribution in [3.8, 4) is 0 Å². The number of nitrogens with two attached hydrogens (primary N) is 1. The van der Waals surface area contributed by atoms with E-state index in [0.717, 1.165) is 22.2 Å². The molecule has 2 heteroatoms. The molecule has 0 fully saturated rings. The zero-order valence-corrected chi connectivity index (χ0v) is 11.9. The number of aromatic nitrogens is 1. The van der Waals surface area contributed by atoms with Crippen LogP contribution in [0.4, 0.5) is 0 Å². The third kappa shape index (κ3) is 2.39. The van der Waals surface area contributed by atoms with Crippen LogP contribution in [0.25, 0.3) is 10.9 Å². The van der Waals surface area contributed by atoms with E-state index in [1.54, 1.807) is 0 Å². The van der Waals surface area contributed by atoms with Gasteiger partial charge >= 0.3 is 0 Å². The first-order chi connectivity index (χ1) is 8.19. The molecule has 2 rings (SSSR count). The van der Waals surface area contributed by atoms with Crippen LogP contribution in [-0.4, -0.2) is 4.98 Å². The maximum absolute atomic E-state index is 6.31. The highest BCUT2D eigenvalue weighted by molar-refractivity contribution is 5.83. The highest BCUT2D eigenvalue weighted by Gasteiger charge is 2.23. The molecule has 1 aromatic carbocycles. The summed E-state index contributed by atoms with van der Waals surface area (Å²) in [4.78, 5) is 4.77. The van der Waals surface area contributed by atoms with E-state index in [0.29, 0.717) is 0 Å². The fraction of sp³-hybridized carbons (Fsp3) is 0.438. The van der Waals surface area contributed by atoms with Gasteiger partial charge in [-0.05, 0) is 31.5 Å². The molecule has 0 saturated carbocycles. The lowest BCUT2D eigenvalue weighted by molar-refractivity contribution is 0.542. The third-order valence-corrected chi connectivity index (χ3v) is 3.18. The van der Waals surface area contributed by atoms with Crippen LogP contribution < -0.4 is 5.73 Å². The van der Waals surface area contributed by atoms with E-state index in [2.05, 4.69) is 39.0 Å². The first-order valence-corrected chi connectivity index (χ1v) is 6.39. The van der Waals surface area contributed by atoms with E-state index < -0.39 is 0 Å². The molecule has 2 aromatic rings. The van der Waals surface area contributed by atoms with Crippen molar-refractivity contribution in [2.45, 2.75) is 45.6 Å². The monoisotopic (exact) mass is 242 g/mol. The summed E-state index contributed by atoms with van der Waals surface area (Å²) >= 11 is 0. The van der Waals surface area contributed by atoms with Gasteiger partial charge in [0, 0.05) is 22.0 Å². The number of benzene rings is 1. The number of hydrogen-bond donors (Lipinski definition) is 1. The van der Waals surface area contributed by atoms with Crippen molar-refractivity contribution in [2.75, 3.05) is 0 Å². The Morgan fingerprint density at radius 3 is 2.17 bits per heavy atom. The van der Waals surface area contributed by atoms with E-state index in [1.165, 1.54) is 0 Å². The summed E-state index contributed by atoms with van der Waals surface area (Å²) in [7, 11) is 0. The molecule has 0 spiro atoms. The second-order valence-corrected chi connectivity index (χ2v) is 6.54. The van der Waals surface area contributed by atoms with E-state index in [4.69, 9.17) is 10.7 Å². The van der Waals surface area contributed by atoms with Crippen molar-refractivity contribution in [3.63, 3.8) is 0 Å². The van der Waals surface area contributed by atoms with Gasteiger partial charge in [0.1, 0.15) is 0 Å². The Morgan fingerprint density at radius 2 is 1.61 bits per heavy atom. The first-order valence-electron chi connectivity index (χ1n) is 6.39. The maximum Gasteiger partial charge on any atom is 0.0709 e. The van der Waals surface area contributed by atoms with Crippen LogP contribution in [0, 0.1) is 0 Å². The Labute approximate surface area is 109 Å². The topological polar surface area (TPSA) is 38.9 Å². The molecule has 1 aromatic heterocycles. The average molecular weight is 242 g/mol. The van der Waals surface area contributed by atoms with Gasteiger partial charge in [0.05, 0.1) is 5.52 Å². The number of para-hydroxylation sites is 1. The fourth-order valence-corrected chi connectivity index (χ4v) is 2.09. The number of fused-ring (bicyclic) bond motifs is 1. The van der Waals surface area contributed by atoms with Crippen LogP contribution in [-0.2, 0) is 11.0 Å². The third-order valence-electron chi connectivity index (χ3n) is 3.18. The molecule has 0 unspecified atom stereocenters. The predicted molar refractivity (Wildman–Crippen MR) is 77.7 cm³/mol. The maximum atomic E-state index is 6.31. The van der Waals surface area contributed by atoms with E-state index in [1.807, 2.05) is 26.0 Å². The summed E-state index contributed by atoms with van der Waals surface area (Å²) < 4.78 is 0. The van der Waals surface area contributed by atoms with Crippen molar-refractivity contribution in [1.29, 1.82) is 0 Å². The molecule has 0 saturated heterocycles. The molecule has 0 amide bonds. The fourth-order valence-electron chi connectivity index (χ4n) is 2.09. The molecule has 0 aliphatic rings. The molecular weight excluding hydrogens is 220 g/mol. The molecule has 0 aliphatic heterocycles. The minimum absolute atomic E-state index is 0.0318. The van der Waals surface area contributed by atoms with Gasteiger partial charge in [-0.3, -0.25) is 4.98 Å². The van der Waals surface area contributed by atoms with Gasteiger partial charge in [0.25, 0.3) is 0 Å². The highest BCUT2D eigenvalue weighted by Crippen LogP contribution is 2.30. The molecule has 0 aliphatic carbocycles. The molecule has 0 atom stereocenters. The standard InChI is InChI=1S/C16H22N2/c1-15(2,3)14-10-12(16(4,5)17)11-8-6-7-9-13(11)18-14/h6-10H,17H2,1-5H3. The Balaban J connectivity index is 2.81. The minimum Gasteiger partial charge on any atom is -0.322 e. The SMILES string of the molecule is CC(C)(C)c1cc(C(C)(C)N)c2ccccc2n1. The second kappa shape index (κ2) is 4.06. The lowest BCUT2D eigenvalue weighted by Crippen LogP contribution is -2.30.